The second-order valence-electron chi connectivity index (χ2n) is 8.08. The highest BCUT2D eigenvalue weighted by molar-refractivity contribution is 5.40. The zero-order valence-corrected chi connectivity index (χ0v) is 17.6. The number of ether oxygens (including phenoxy) is 2. The molecular formula is C23H36NO3+. The van der Waals surface area contributed by atoms with Gasteiger partial charge < -0.3 is 14.6 Å². The average Bonchev–Trinajstić information content (AvgIpc) is 3.01. The third kappa shape index (κ3) is 6.78. The molecule has 0 saturated carbocycles. The molecule has 2 rings (SSSR count). The molecule has 0 amide bonds. The van der Waals surface area contributed by atoms with Crippen molar-refractivity contribution in [1.82, 2.24) is 0 Å². The second-order valence-corrected chi connectivity index (χ2v) is 8.08. The second kappa shape index (κ2) is 10.6. The van der Waals surface area contributed by atoms with Gasteiger partial charge in [0, 0.05) is 6.92 Å². The predicted octanol–water partition coefficient (Wildman–Crippen LogP) is 5.56. The van der Waals surface area contributed by atoms with Crippen molar-refractivity contribution < 1.29 is 19.6 Å². The zero-order chi connectivity index (χ0) is 19.8. The van der Waals surface area contributed by atoms with Gasteiger partial charge in [-0.2, -0.15) is 0 Å². The highest BCUT2D eigenvalue weighted by Gasteiger charge is 2.31. The van der Waals surface area contributed by atoms with E-state index in [1.54, 1.807) is 0 Å². The highest BCUT2D eigenvalue weighted by atomic mass is 16.7. The van der Waals surface area contributed by atoms with E-state index in [9.17, 15) is 5.11 Å². The van der Waals surface area contributed by atoms with Gasteiger partial charge in [-0.05, 0) is 52.4 Å². The number of H-pyrrole nitrogens is 1. The van der Waals surface area contributed by atoms with E-state index >= 15 is 0 Å². The number of allylic oxidation sites excluding steroid dienone is 3. The van der Waals surface area contributed by atoms with Crippen LogP contribution in [0.2, 0.25) is 0 Å². The molecule has 1 aliphatic heterocycles. The predicted molar refractivity (Wildman–Crippen MR) is 108 cm³/mol. The van der Waals surface area contributed by atoms with Gasteiger partial charge in [0.2, 0.25) is 5.69 Å². The normalized spacial score (nSPS) is 17.7. The van der Waals surface area contributed by atoms with Crippen LogP contribution >= 0.6 is 0 Å². The van der Waals surface area contributed by atoms with Gasteiger partial charge in [-0.25, -0.2) is 4.98 Å². The Kier molecular flexibility index (Phi) is 8.52. The first-order valence-electron chi connectivity index (χ1n) is 10.1. The standard InChI is InChI=1S/C23H35NO3/c1-16(2)8-6-9-17(3)10-7-11-18(4)12-13-26-23-21-20(15-27-23)14-24-19(5)22(21)25/h8,12,14,17,23,25H,6-7,9-11,13,15H2,1-5H3/p+1/b18-12+. The molecule has 4 nitrogen and oxygen atoms in total. The fraction of sp³-hybridized carbons (Fsp3) is 0.609. The third-order valence-electron chi connectivity index (χ3n) is 5.20. The maximum atomic E-state index is 10.2. The Morgan fingerprint density at radius 1 is 1.33 bits per heavy atom. The minimum Gasteiger partial charge on any atom is -0.502 e. The van der Waals surface area contributed by atoms with Crippen LogP contribution in [0.4, 0.5) is 0 Å². The number of aryl methyl sites for hydroxylation is 1. The van der Waals surface area contributed by atoms with Gasteiger partial charge in [-0.15, -0.1) is 0 Å². The Bertz CT molecular complexity index is 674. The Hall–Kier alpha value is -1.65. The number of rotatable bonds is 10. The summed E-state index contributed by atoms with van der Waals surface area (Å²) in [5.41, 5.74) is 5.23. The number of aromatic amines is 1. The lowest BCUT2D eigenvalue weighted by Crippen LogP contribution is -2.11. The third-order valence-corrected chi connectivity index (χ3v) is 5.20. The molecule has 1 aliphatic rings. The molecular weight excluding hydrogens is 338 g/mol. The van der Waals surface area contributed by atoms with Gasteiger partial charge in [0.05, 0.1) is 24.3 Å². The molecule has 1 aromatic rings. The SMILES string of the molecule is CC(C)=CCCC(C)CCC/C(C)=C/COC1OCc2c[nH+]c(C)c(O)c21. The molecule has 2 heterocycles. The Labute approximate surface area is 164 Å². The minimum absolute atomic E-state index is 0.248. The van der Waals surface area contributed by atoms with Gasteiger partial charge in [0.1, 0.15) is 0 Å². The van der Waals surface area contributed by atoms with E-state index in [-0.39, 0.29) is 5.75 Å². The van der Waals surface area contributed by atoms with E-state index in [0.717, 1.165) is 29.2 Å². The van der Waals surface area contributed by atoms with Gasteiger partial charge in [-0.3, -0.25) is 0 Å². The van der Waals surface area contributed by atoms with E-state index in [2.05, 4.69) is 44.8 Å². The summed E-state index contributed by atoms with van der Waals surface area (Å²) in [4.78, 5) is 3.04. The minimum atomic E-state index is -0.479. The number of pyridine rings is 1. The van der Waals surface area contributed by atoms with Crippen LogP contribution in [0.3, 0.4) is 0 Å². The fourth-order valence-electron chi connectivity index (χ4n) is 3.37. The van der Waals surface area contributed by atoms with Crippen LogP contribution in [0.25, 0.3) is 0 Å². The molecule has 4 heteroatoms. The summed E-state index contributed by atoms with van der Waals surface area (Å²) in [7, 11) is 0. The highest BCUT2D eigenvalue weighted by Crippen LogP contribution is 2.37. The van der Waals surface area contributed by atoms with Crippen molar-refractivity contribution >= 4 is 0 Å². The molecule has 150 valence electrons. The summed E-state index contributed by atoms with van der Waals surface area (Å²) in [5, 5.41) is 10.2. The van der Waals surface area contributed by atoms with Crippen molar-refractivity contribution in [2.24, 2.45) is 5.92 Å². The van der Waals surface area contributed by atoms with E-state index < -0.39 is 6.29 Å². The summed E-state index contributed by atoms with van der Waals surface area (Å²) < 4.78 is 11.5. The van der Waals surface area contributed by atoms with Crippen molar-refractivity contribution in [2.45, 2.75) is 79.6 Å². The fourth-order valence-corrected chi connectivity index (χ4v) is 3.37. The van der Waals surface area contributed by atoms with Crippen LogP contribution in [0, 0.1) is 12.8 Å². The van der Waals surface area contributed by atoms with Crippen LogP contribution in [0.5, 0.6) is 5.75 Å². The van der Waals surface area contributed by atoms with Crippen LogP contribution in [0.1, 0.15) is 82.9 Å². The van der Waals surface area contributed by atoms with E-state index in [1.807, 2.05) is 13.1 Å². The largest absolute Gasteiger partial charge is 0.502 e. The lowest BCUT2D eigenvalue weighted by molar-refractivity contribution is -0.389. The zero-order valence-electron chi connectivity index (χ0n) is 17.6. The van der Waals surface area contributed by atoms with Gasteiger partial charge in [0.25, 0.3) is 0 Å². The molecule has 0 aliphatic carbocycles. The molecule has 2 N–H and O–H groups in total. The van der Waals surface area contributed by atoms with Crippen molar-refractivity contribution in [1.29, 1.82) is 0 Å². The first-order valence-corrected chi connectivity index (χ1v) is 10.1. The number of hydrogen-bond acceptors (Lipinski definition) is 3. The molecule has 0 fully saturated rings. The lowest BCUT2D eigenvalue weighted by Gasteiger charge is -2.13. The Morgan fingerprint density at radius 2 is 2.11 bits per heavy atom. The molecule has 27 heavy (non-hydrogen) atoms. The summed E-state index contributed by atoms with van der Waals surface area (Å²) >= 11 is 0. The molecule has 0 bridgehead atoms. The first kappa shape index (κ1) is 21.6. The summed E-state index contributed by atoms with van der Waals surface area (Å²) in [6.45, 7) is 11.7. The summed E-state index contributed by atoms with van der Waals surface area (Å²) in [6.07, 6.45) is 11.9. The molecule has 1 aromatic heterocycles. The summed E-state index contributed by atoms with van der Waals surface area (Å²) in [6, 6.07) is 0. The monoisotopic (exact) mass is 374 g/mol. The lowest BCUT2D eigenvalue weighted by atomic mass is 9.97. The average molecular weight is 375 g/mol. The number of hydrogen-bond donors (Lipinski definition) is 1. The number of aromatic hydroxyl groups is 1. The van der Waals surface area contributed by atoms with Gasteiger partial charge in [-0.1, -0.05) is 36.6 Å². The van der Waals surface area contributed by atoms with Crippen molar-refractivity contribution in [3.8, 4) is 5.75 Å². The number of aromatic nitrogens is 1. The molecule has 0 radical (unpaired) electrons. The Balaban J connectivity index is 1.70. The maximum absolute atomic E-state index is 10.2. The quantitative estimate of drug-likeness (QED) is 0.546. The molecule has 0 saturated heterocycles. The van der Waals surface area contributed by atoms with Gasteiger partial charge in [0.15, 0.2) is 18.2 Å². The first-order chi connectivity index (χ1) is 12.9. The van der Waals surface area contributed by atoms with E-state index in [4.69, 9.17) is 9.47 Å². The van der Waals surface area contributed by atoms with Crippen LogP contribution in [-0.4, -0.2) is 11.7 Å². The Morgan fingerprint density at radius 3 is 2.85 bits per heavy atom. The number of nitrogens with one attached hydrogen (secondary N) is 1. The van der Waals surface area contributed by atoms with E-state index in [0.29, 0.717) is 13.2 Å². The van der Waals surface area contributed by atoms with E-state index in [1.165, 1.54) is 36.8 Å². The summed E-state index contributed by atoms with van der Waals surface area (Å²) in [5.74, 6) is 1.02. The molecule has 2 unspecified atom stereocenters. The van der Waals surface area contributed by atoms with Crippen molar-refractivity contribution in [3.63, 3.8) is 0 Å². The maximum Gasteiger partial charge on any atom is 0.219 e. The van der Waals surface area contributed by atoms with Gasteiger partial charge >= 0.3 is 0 Å². The van der Waals surface area contributed by atoms with Crippen LogP contribution < -0.4 is 4.98 Å². The van der Waals surface area contributed by atoms with Crippen molar-refractivity contribution in [2.75, 3.05) is 6.61 Å². The molecule has 0 spiro atoms. The topological polar surface area (TPSA) is 52.8 Å². The molecule has 0 aromatic carbocycles. The number of fused-ring (bicyclic) bond motifs is 1. The smallest absolute Gasteiger partial charge is 0.219 e. The molecule has 2 atom stereocenters. The van der Waals surface area contributed by atoms with Crippen molar-refractivity contribution in [3.05, 3.63) is 46.3 Å². The van der Waals surface area contributed by atoms with Crippen LogP contribution in [-0.2, 0) is 16.1 Å². The van der Waals surface area contributed by atoms with Crippen LogP contribution in [0.15, 0.2) is 29.5 Å².